The van der Waals surface area contributed by atoms with E-state index in [0.29, 0.717) is 19.3 Å². The Hall–Kier alpha value is -1.59. The number of esters is 3. The lowest BCUT2D eigenvalue weighted by Crippen LogP contribution is -2.30. The van der Waals surface area contributed by atoms with E-state index in [1.165, 1.54) is 128 Å². The number of unbranched alkanes of at least 4 members (excludes halogenated alkanes) is 24. The molecule has 0 spiro atoms. The van der Waals surface area contributed by atoms with Crippen molar-refractivity contribution in [3.8, 4) is 0 Å². The van der Waals surface area contributed by atoms with E-state index in [-0.39, 0.29) is 31.1 Å². The zero-order valence-corrected chi connectivity index (χ0v) is 34.7. The van der Waals surface area contributed by atoms with Crippen molar-refractivity contribution < 1.29 is 28.6 Å². The van der Waals surface area contributed by atoms with Crippen LogP contribution >= 0.6 is 0 Å². The van der Waals surface area contributed by atoms with Crippen molar-refractivity contribution in [2.24, 2.45) is 11.8 Å². The molecule has 0 aromatic rings. The van der Waals surface area contributed by atoms with Gasteiger partial charge in [0.2, 0.25) is 0 Å². The molecule has 0 heterocycles. The zero-order valence-electron chi connectivity index (χ0n) is 34.7. The molecule has 0 saturated heterocycles. The predicted octanol–water partition coefficient (Wildman–Crippen LogP) is 13.8. The van der Waals surface area contributed by atoms with Crippen LogP contribution in [-0.4, -0.2) is 37.2 Å². The number of rotatable bonds is 39. The Balaban J connectivity index is 4.28. The van der Waals surface area contributed by atoms with Crippen LogP contribution in [0.3, 0.4) is 0 Å². The third-order valence-electron chi connectivity index (χ3n) is 9.97. The smallest absolute Gasteiger partial charge is 0.306 e. The topological polar surface area (TPSA) is 78.9 Å². The summed E-state index contributed by atoms with van der Waals surface area (Å²) in [6, 6.07) is 0. The Bertz CT molecular complexity index is 779. The van der Waals surface area contributed by atoms with Gasteiger partial charge in [0.15, 0.2) is 6.10 Å². The van der Waals surface area contributed by atoms with Crippen molar-refractivity contribution in [3.63, 3.8) is 0 Å². The molecule has 0 N–H and O–H groups in total. The van der Waals surface area contributed by atoms with Crippen LogP contribution in [0.15, 0.2) is 0 Å². The van der Waals surface area contributed by atoms with Crippen LogP contribution in [0.4, 0.5) is 0 Å². The van der Waals surface area contributed by atoms with E-state index in [1.807, 2.05) is 0 Å². The van der Waals surface area contributed by atoms with Crippen molar-refractivity contribution in [1.29, 1.82) is 0 Å². The molecule has 0 aliphatic rings. The minimum atomic E-state index is -0.759. The highest BCUT2D eigenvalue weighted by Crippen LogP contribution is 2.16. The second-order valence-electron chi connectivity index (χ2n) is 16.3. The van der Waals surface area contributed by atoms with Gasteiger partial charge >= 0.3 is 17.9 Å². The molecule has 0 saturated carbocycles. The summed E-state index contributed by atoms with van der Waals surface area (Å²) in [7, 11) is 0. The summed E-state index contributed by atoms with van der Waals surface area (Å²) >= 11 is 0. The van der Waals surface area contributed by atoms with Gasteiger partial charge in [0.1, 0.15) is 13.2 Å². The van der Waals surface area contributed by atoms with Gasteiger partial charge in [0.05, 0.1) is 0 Å². The Kier molecular flexibility index (Phi) is 37.0. The Morgan fingerprint density at radius 2 is 0.647 bits per heavy atom. The third-order valence-corrected chi connectivity index (χ3v) is 9.97. The van der Waals surface area contributed by atoms with Gasteiger partial charge in [-0.25, -0.2) is 0 Å². The molecule has 0 bridgehead atoms. The first kappa shape index (κ1) is 49.4. The average Bonchev–Trinajstić information content (AvgIpc) is 3.09. The van der Waals surface area contributed by atoms with Gasteiger partial charge in [0, 0.05) is 19.3 Å². The van der Waals surface area contributed by atoms with E-state index in [0.717, 1.165) is 69.6 Å². The molecule has 0 fully saturated rings. The number of hydrogen-bond donors (Lipinski definition) is 0. The largest absolute Gasteiger partial charge is 0.462 e. The molecule has 0 amide bonds. The van der Waals surface area contributed by atoms with Crippen molar-refractivity contribution >= 4 is 17.9 Å². The van der Waals surface area contributed by atoms with Crippen LogP contribution in [0, 0.1) is 11.8 Å². The first-order chi connectivity index (χ1) is 24.7. The van der Waals surface area contributed by atoms with Gasteiger partial charge in [-0.3, -0.25) is 14.4 Å². The lowest BCUT2D eigenvalue weighted by atomic mass is 10.0. The molecule has 0 rings (SSSR count). The van der Waals surface area contributed by atoms with E-state index in [1.54, 1.807) is 0 Å². The second kappa shape index (κ2) is 38.1. The first-order valence-corrected chi connectivity index (χ1v) is 22.2. The van der Waals surface area contributed by atoms with Crippen LogP contribution in [0.1, 0.15) is 240 Å². The number of carbonyl (C=O) groups excluding carboxylic acids is 3. The highest BCUT2D eigenvalue weighted by Gasteiger charge is 2.19. The molecule has 6 heteroatoms. The summed E-state index contributed by atoms with van der Waals surface area (Å²) in [5, 5.41) is 0. The van der Waals surface area contributed by atoms with Crippen molar-refractivity contribution in [1.82, 2.24) is 0 Å². The van der Waals surface area contributed by atoms with E-state index < -0.39 is 6.10 Å². The minimum absolute atomic E-state index is 0.0656. The van der Waals surface area contributed by atoms with Gasteiger partial charge in [-0.2, -0.15) is 0 Å². The molecule has 0 unspecified atom stereocenters. The monoisotopic (exact) mass is 723 g/mol. The Morgan fingerprint density at radius 3 is 0.961 bits per heavy atom. The molecule has 0 radical (unpaired) electrons. The molecule has 0 aliphatic carbocycles. The SMILES string of the molecule is CCCCCCCCCC(=O)OC[C@@H](COC(=O)CCCCCCCCCCCCCC(C)C)OC(=O)CCCCCCCCCCCC(C)C. The molecule has 1 atom stereocenters. The maximum Gasteiger partial charge on any atom is 0.306 e. The highest BCUT2D eigenvalue weighted by molar-refractivity contribution is 5.71. The summed E-state index contributed by atoms with van der Waals surface area (Å²) in [6.07, 6.45) is 35.3. The van der Waals surface area contributed by atoms with Gasteiger partial charge in [-0.05, 0) is 31.1 Å². The minimum Gasteiger partial charge on any atom is -0.462 e. The van der Waals surface area contributed by atoms with E-state index in [2.05, 4.69) is 34.6 Å². The maximum absolute atomic E-state index is 12.7. The molecule has 302 valence electrons. The van der Waals surface area contributed by atoms with E-state index in [4.69, 9.17) is 14.2 Å². The van der Waals surface area contributed by atoms with Crippen LogP contribution in [-0.2, 0) is 28.6 Å². The van der Waals surface area contributed by atoms with Crippen molar-refractivity contribution in [3.05, 3.63) is 0 Å². The Morgan fingerprint density at radius 1 is 0.373 bits per heavy atom. The highest BCUT2D eigenvalue weighted by atomic mass is 16.6. The third kappa shape index (κ3) is 39.5. The van der Waals surface area contributed by atoms with Crippen LogP contribution in [0.25, 0.3) is 0 Å². The quantitative estimate of drug-likeness (QED) is 0.0357. The molecule has 0 aromatic heterocycles. The lowest BCUT2D eigenvalue weighted by Gasteiger charge is -2.18. The van der Waals surface area contributed by atoms with Crippen molar-refractivity contribution in [2.75, 3.05) is 13.2 Å². The number of hydrogen-bond acceptors (Lipinski definition) is 6. The summed E-state index contributed by atoms with van der Waals surface area (Å²) in [5.41, 5.74) is 0. The summed E-state index contributed by atoms with van der Waals surface area (Å²) in [5.74, 6) is 0.767. The number of carbonyl (C=O) groups is 3. The summed E-state index contributed by atoms with van der Waals surface area (Å²) < 4.78 is 16.6. The van der Waals surface area contributed by atoms with Gasteiger partial charge in [-0.15, -0.1) is 0 Å². The fourth-order valence-electron chi connectivity index (χ4n) is 6.58. The predicted molar refractivity (Wildman–Crippen MR) is 215 cm³/mol. The van der Waals surface area contributed by atoms with Crippen LogP contribution in [0.2, 0.25) is 0 Å². The molecule has 51 heavy (non-hydrogen) atoms. The fourth-order valence-corrected chi connectivity index (χ4v) is 6.58. The molecule has 6 nitrogen and oxygen atoms in total. The second-order valence-corrected chi connectivity index (χ2v) is 16.3. The number of ether oxygens (including phenoxy) is 3. The normalized spacial score (nSPS) is 12.1. The van der Waals surface area contributed by atoms with E-state index >= 15 is 0 Å². The molecular weight excluding hydrogens is 636 g/mol. The van der Waals surface area contributed by atoms with Gasteiger partial charge < -0.3 is 14.2 Å². The van der Waals surface area contributed by atoms with Crippen molar-refractivity contribution in [2.45, 2.75) is 246 Å². The molecular formula is C45H86O6. The zero-order chi connectivity index (χ0) is 37.6. The molecule has 0 aromatic carbocycles. The first-order valence-electron chi connectivity index (χ1n) is 22.2. The lowest BCUT2D eigenvalue weighted by molar-refractivity contribution is -0.167. The summed E-state index contributed by atoms with van der Waals surface area (Å²) in [6.45, 7) is 11.3. The standard InChI is InChI=1S/C45H86O6/c1-6-7-8-9-18-25-30-35-43(46)49-38-42(51-45(48)37-32-27-22-17-13-15-20-24-29-34-41(4)5)39-50-44(47)36-31-26-21-16-12-10-11-14-19-23-28-33-40(2)3/h40-42H,6-39H2,1-5H3/t42-/m0/s1. The molecule has 0 aliphatic heterocycles. The Labute approximate surface area is 317 Å². The fraction of sp³-hybridized carbons (Fsp3) is 0.933. The van der Waals surface area contributed by atoms with Gasteiger partial charge in [0.25, 0.3) is 0 Å². The van der Waals surface area contributed by atoms with Crippen LogP contribution in [0.5, 0.6) is 0 Å². The van der Waals surface area contributed by atoms with Gasteiger partial charge in [-0.1, -0.05) is 202 Å². The van der Waals surface area contributed by atoms with E-state index in [9.17, 15) is 14.4 Å². The maximum atomic E-state index is 12.7. The summed E-state index contributed by atoms with van der Waals surface area (Å²) in [4.78, 5) is 37.5. The average molecular weight is 723 g/mol. The van der Waals surface area contributed by atoms with Crippen LogP contribution < -0.4 is 0 Å².